The molecule has 0 aromatic heterocycles. The molecular formula is C16H20N2O. The van der Waals surface area contributed by atoms with Crippen molar-refractivity contribution < 1.29 is 4.74 Å². The summed E-state index contributed by atoms with van der Waals surface area (Å²) < 4.78 is 5.28. The van der Waals surface area contributed by atoms with Crippen molar-refractivity contribution >= 4 is 11.4 Å². The average molecular weight is 256 g/mol. The first-order valence-corrected chi connectivity index (χ1v) is 6.36. The Balaban J connectivity index is 2.35. The summed E-state index contributed by atoms with van der Waals surface area (Å²) in [5.74, 6) is 0.871. The predicted octanol–water partition coefficient (Wildman–Crippen LogP) is 3.18. The zero-order valence-corrected chi connectivity index (χ0v) is 11.7. The van der Waals surface area contributed by atoms with E-state index in [2.05, 4.69) is 47.6 Å². The zero-order chi connectivity index (χ0) is 13.7. The molecule has 2 aromatic rings. The van der Waals surface area contributed by atoms with E-state index >= 15 is 0 Å². The lowest BCUT2D eigenvalue weighted by Gasteiger charge is -2.23. The van der Waals surface area contributed by atoms with Gasteiger partial charge in [0, 0.05) is 31.0 Å². The maximum atomic E-state index is 5.28. The van der Waals surface area contributed by atoms with Crippen LogP contribution in [0.2, 0.25) is 0 Å². The normalized spacial score (nSPS) is 10.3. The number of ether oxygens (including phenoxy) is 1. The van der Waals surface area contributed by atoms with Crippen LogP contribution in [0.3, 0.4) is 0 Å². The first-order chi connectivity index (χ1) is 9.26. The van der Waals surface area contributed by atoms with Crippen LogP contribution in [0.1, 0.15) is 5.56 Å². The van der Waals surface area contributed by atoms with E-state index in [9.17, 15) is 0 Å². The molecule has 0 aliphatic heterocycles. The molecular weight excluding hydrogens is 236 g/mol. The third-order valence-corrected chi connectivity index (χ3v) is 3.16. The van der Waals surface area contributed by atoms with Crippen molar-refractivity contribution in [3.63, 3.8) is 0 Å². The molecule has 0 amide bonds. The Bertz CT molecular complexity index is 540. The molecule has 0 spiro atoms. The Morgan fingerprint density at radius 1 is 1.11 bits per heavy atom. The number of hydrogen-bond acceptors (Lipinski definition) is 3. The van der Waals surface area contributed by atoms with Crippen molar-refractivity contribution in [1.82, 2.24) is 5.32 Å². The second kappa shape index (κ2) is 6.25. The van der Waals surface area contributed by atoms with Gasteiger partial charge in [0.2, 0.25) is 0 Å². The van der Waals surface area contributed by atoms with E-state index < -0.39 is 0 Å². The Hall–Kier alpha value is -2.00. The zero-order valence-electron chi connectivity index (χ0n) is 11.7. The Morgan fingerprint density at radius 3 is 2.63 bits per heavy atom. The number of benzene rings is 2. The third-order valence-electron chi connectivity index (χ3n) is 3.16. The van der Waals surface area contributed by atoms with Crippen LogP contribution in [0.25, 0.3) is 0 Å². The quantitative estimate of drug-likeness (QED) is 0.889. The molecule has 0 aliphatic rings. The number of hydrogen-bond donors (Lipinski definition) is 1. The molecule has 3 heteroatoms. The second-order valence-electron chi connectivity index (χ2n) is 4.42. The van der Waals surface area contributed by atoms with E-state index in [1.807, 2.05) is 25.2 Å². The van der Waals surface area contributed by atoms with Crippen LogP contribution < -0.4 is 15.0 Å². The average Bonchev–Trinajstić information content (AvgIpc) is 2.47. The van der Waals surface area contributed by atoms with Crippen LogP contribution in [0.5, 0.6) is 5.75 Å². The number of nitrogens with zero attached hydrogens (tertiary/aromatic N) is 1. The summed E-state index contributed by atoms with van der Waals surface area (Å²) >= 11 is 0. The van der Waals surface area contributed by atoms with Gasteiger partial charge in [-0.2, -0.15) is 0 Å². The molecule has 1 N–H and O–H groups in total. The minimum Gasteiger partial charge on any atom is -0.497 e. The summed E-state index contributed by atoms with van der Waals surface area (Å²) in [6.45, 7) is 0.852. The van der Waals surface area contributed by atoms with Gasteiger partial charge in [-0.25, -0.2) is 0 Å². The summed E-state index contributed by atoms with van der Waals surface area (Å²) in [6.07, 6.45) is 0. The SMILES string of the molecule is CNCc1ccccc1N(C)c1cccc(OC)c1. The molecule has 0 heterocycles. The highest BCUT2D eigenvalue weighted by molar-refractivity contribution is 5.66. The van der Waals surface area contributed by atoms with E-state index in [1.54, 1.807) is 7.11 Å². The van der Waals surface area contributed by atoms with Gasteiger partial charge in [-0.05, 0) is 30.8 Å². The monoisotopic (exact) mass is 256 g/mol. The number of rotatable bonds is 5. The molecule has 0 unspecified atom stereocenters. The summed E-state index contributed by atoms with van der Waals surface area (Å²) in [5.41, 5.74) is 3.59. The van der Waals surface area contributed by atoms with E-state index in [1.165, 1.54) is 11.3 Å². The van der Waals surface area contributed by atoms with Crippen LogP contribution in [-0.4, -0.2) is 21.2 Å². The van der Waals surface area contributed by atoms with Crippen LogP contribution in [0, 0.1) is 0 Å². The van der Waals surface area contributed by atoms with Crippen LogP contribution in [-0.2, 0) is 6.54 Å². The molecule has 0 bridgehead atoms. The lowest BCUT2D eigenvalue weighted by atomic mass is 10.1. The Kier molecular flexibility index (Phi) is 4.42. The fourth-order valence-electron chi connectivity index (χ4n) is 2.14. The Labute approximate surface area is 114 Å². The number of anilines is 2. The first kappa shape index (κ1) is 13.4. The fraction of sp³-hybridized carbons (Fsp3) is 0.250. The molecule has 3 nitrogen and oxygen atoms in total. The standard InChI is InChI=1S/C16H20N2O/c1-17-12-13-7-4-5-10-16(13)18(2)14-8-6-9-15(11-14)19-3/h4-11,17H,12H2,1-3H3. The molecule has 100 valence electrons. The summed E-state index contributed by atoms with van der Waals surface area (Å²) in [5, 5.41) is 3.20. The number of methoxy groups -OCH3 is 1. The lowest BCUT2D eigenvalue weighted by molar-refractivity contribution is 0.415. The summed E-state index contributed by atoms with van der Waals surface area (Å²) in [6, 6.07) is 16.5. The number of para-hydroxylation sites is 1. The maximum absolute atomic E-state index is 5.28. The molecule has 0 saturated heterocycles. The van der Waals surface area contributed by atoms with E-state index in [-0.39, 0.29) is 0 Å². The van der Waals surface area contributed by atoms with Crippen molar-refractivity contribution in [3.8, 4) is 5.75 Å². The summed E-state index contributed by atoms with van der Waals surface area (Å²) in [7, 11) is 5.72. The molecule has 0 radical (unpaired) electrons. The van der Waals surface area contributed by atoms with Gasteiger partial charge in [0.05, 0.1) is 7.11 Å². The van der Waals surface area contributed by atoms with Crippen molar-refractivity contribution in [2.75, 3.05) is 26.1 Å². The molecule has 0 fully saturated rings. The van der Waals surface area contributed by atoms with Gasteiger partial charge in [-0.15, -0.1) is 0 Å². The van der Waals surface area contributed by atoms with Crippen molar-refractivity contribution in [2.24, 2.45) is 0 Å². The lowest BCUT2D eigenvalue weighted by Crippen LogP contribution is -2.14. The fourth-order valence-corrected chi connectivity index (χ4v) is 2.14. The van der Waals surface area contributed by atoms with Crippen molar-refractivity contribution in [1.29, 1.82) is 0 Å². The van der Waals surface area contributed by atoms with Gasteiger partial charge < -0.3 is 15.0 Å². The Morgan fingerprint density at radius 2 is 1.89 bits per heavy atom. The maximum Gasteiger partial charge on any atom is 0.120 e. The molecule has 2 aromatic carbocycles. The van der Waals surface area contributed by atoms with Crippen LogP contribution in [0.15, 0.2) is 48.5 Å². The molecule has 0 atom stereocenters. The smallest absolute Gasteiger partial charge is 0.120 e. The second-order valence-corrected chi connectivity index (χ2v) is 4.42. The van der Waals surface area contributed by atoms with Crippen LogP contribution >= 0.6 is 0 Å². The van der Waals surface area contributed by atoms with Crippen LogP contribution in [0.4, 0.5) is 11.4 Å². The minimum absolute atomic E-state index is 0.852. The van der Waals surface area contributed by atoms with Gasteiger partial charge in [0.25, 0.3) is 0 Å². The highest BCUT2D eigenvalue weighted by atomic mass is 16.5. The minimum atomic E-state index is 0.852. The van der Waals surface area contributed by atoms with Crippen molar-refractivity contribution in [2.45, 2.75) is 6.54 Å². The van der Waals surface area contributed by atoms with Gasteiger partial charge in [-0.1, -0.05) is 24.3 Å². The number of nitrogens with one attached hydrogen (secondary N) is 1. The summed E-state index contributed by atoms with van der Waals surface area (Å²) in [4.78, 5) is 2.18. The predicted molar refractivity (Wildman–Crippen MR) is 80.3 cm³/mol. The molecule has 0 aliphatic carbocycles. The topological polar surface area (TPSA) is 24.5 Å². The molecule has 19 heavy (non-hydrogen) atoms. The van der Waals surface area contributed by atoms with E-state index in [4.69, 9.17) is 4.74 Å². The van der Waals surface area contributed by atoms with Crippen molar-refractivity contribution in [3.05, 3.63) is 54.1 Å². The van der Waals surface area contributed by atoms with Gasteiger partial charge in [0.1, 0.15) is 5.75 Å². The highest BCUT2D eigenvalue weighted by Crippen LogP contribution is 2.29. The van der Waals surface area contributed by atoms with E-state index in [0.29, 0.717) is 0 Å². The highest BCUT2D eigenvalue weighted by Gasteiger charge is 2.08. The third kappa shape index (κ3) is 3.06. The molecule has 2 rings (SSSR count). The first-order valence-electron chi connectivity index (χ1n) is 6.36. The molecule has 0 saturated carbocycles. The van der Waals surface area contributed by atoms with Gasteiger partial charge >= 0.3 is 0 Å². The van der Waals surface area contributed by atoms with E-state index in [0.717, 1.165) is 18.0 Å². The van der Waals surface area contributed by atoms with Gasteiger partial charge in [0.15, 0.2) is 0 Å². The largest absolute Gasteiger partial charge is 0.497 e. The van der Waals surface area contributed by atoms with Gasteiger partial charge in [-0.3, -0.25) is 0 Å².